The van der Waals surface area contributed by atoms with E-state index in [4.69, 9.17) is 4.74 Å². The Kier molecular flexibility index (Phi) is 5.36. The quantitative estimate of drug-likeness (QED) is 0.599. The van der Waals surface area contributed by atoms with Crippen molar-refractivity contribution in [1.29, 1.82) is 0 Å². The summed E-state index contributed by atoms with van der Waals surface area (Å²) in [7, 11) is 1.60. The zero-order chi connectivity index (χ0) is 20.4. The fourth-order valence-electron chi connectivity index (χ4n) is 3.59. The fourth-order valence-corrected chi connectivity index (χ4v) is 4.01. The van der Waals surface area contributed by atoms with E-state index in [9.17, 15) is 9.90 Å². The van der Waals surface area contributed by atoms with Gasteiger partial charge in [0, 0.05) is 29.0 Å². The Morgan fingerprint density at radius 2 is 1.93 bits per heavy atom. The molecule has 1 aromatic heterocycles. The van der Waals surface area contributed by atoms with E-state index in [1.54, 1.807) is 24.4 Å². The lowest BCUT2D eigenvalue weighted by atomic mass is 9.93. The van der Waals surface area contributed by atoms with E-state index < -0.39 is 11.9 Å². The van der Waals surface area contributed by atoms with Gasteiger partial charge >= 0.3 is 0 Å². The first-order valence-corrected chi connectivity index (χ1v) is 9.90. The number of halogens is 1. The highest BCUT2D eigenvalue weighted by Crippen LogP contribution is 2.44. The number of aliphatic hydroxyl groups excluding tert-OH is 1. The van der Waals surface area contributed by atoms with Gasteiger partial charge in [0.2, 0.25) is 0 Å². The van der Waals surface area contributed by atoms with Crippen molar-refractivity contribution >= 4 is 27.4 Å². The number of amides is 1. The summed E-state index contributed by atoms with van der Waals surface area (Å²) in [5.74, 6) is 0.0815. The second-order valence-corrected chi connectivity index (χ2v) is 7.66. The number of rotatable bonds is 5. The SMILES string of the molecule is COc1ccc(C2=C(O)C(=O)N(Cc3cccnc3)[C@H]2c2cccc(Br)c2)cc1. The summed E-state index contributed by atoms with van der Waals surface area (Å²) in [5.41, 5.74) is 3.16. The Morgan fingerprint density at radius 3 is 2.59 bits per heavy atom. The summed E-state index contributed by atoms with van der Waals surface area (Å²) >= 11 is 3.51. The number of pyridine rings is 1. The van der Waals surface area contributed by atoms with Crippen LogP contribution in [0.3, 0.4) is 0 Å². The minimum atomic E-state index is -0.423. The lowest BCUT2D eigenvalue weighted by Gasteiger charge is -2.27. The van der Waals surface area contributed by atoms with E-state index in [0.717, 1.165) is 21.2 Å². The summed E-state index contributed by atoms with van der Waals surface area (Å²) in [5, 5.41) is 10.8. The minimum absolute atomic E-state index is 0.232. The third-order valence-corrected chi connectivity index (χ3v) is 5.44. The number of hydrogen-bond donors (Lipinski definition) is 1. The van der Waals surface area contributed by atoms with E-state index in [1.165, 1.54) is 0 Å². The van der Waals surface area contributed by atoms with Gasteiger partial charge in [0.1, 0.15) is 5.75 Å². The molecule has 0 spiro atoms. The second kappa shape index (κ2) is 8.09. The molecule has 3 aromatic rings. The number of aliphatic hydroxyl groups is 1. The zero-order valence-electron chi connectivity index (χ0n) is 15.7. The molecule has 0 aliphatic carbocycles. The lowest BCUT2D eigenvalue weighted by Crippen LogP contribution is -2.29. The highest BCUT2D eigenvalue weighted by molar-refractivity contribution is 9.10. The largest absolute Gasteiger partial charge is 0.503 e. The maximum Gasteiger partial charge on any atom is 0.290 e. The van der Waals surface area contributed by atoms with Gasteiger partial charge in [0.25, 0.3) is 5.91 Å². The summed E-state index contributed by atoms with van der Waals surface area (Å²) in [6, 6.07) is 18.5. The first-order chi connectivity index (χ1) is 14.1. The molecular weight excluding hydrogens is 432 g/mol. The summed E-state index contributed by atoms with van der Waals surface area (Å²) < 4.78 is 6.14. The molecular formula is C23H19BrN2O3. The molecule has 1 atom stereocenters. The predicted molar refractivity (Wildman–Crippen MR) is 114 cm³/mol. The first kappa shape index (κ1) is 19.2. The molecule has 6 heteroatoms. The predicted octanol–water partition coefficient (Wildman–Crippen LogP) is 4.91. The number of methoxy groups -OCH3 is 1. The number of carbonyl (C=O) groups is 1. The van der Waals surface area contributed by atoms with Gasteiger partial charge in [0.05, 0.1) is 13.2 Å². The van der Waals surface area contributed by atoms with Crippen LogP contribution in [0.1, 0.15) is 22.7 Å². The Labute approximate surface area is 177 Å². The lowest BCUT2D eigenvalue weighted by molar-refractivity contribution is -0.130. The van der Waals surface area contributed by atoms with Crippen LogP contribution in [0.5, 0.6) is 5.75 Å². The fraction of sp³-hybridized carbons (Fsp3) is 0.130. The molecule has 2 aromatic carbocycles. The number of aromatic nitrogens is 1. The maximum absolute atomic E-state index is 13.0. The average Bonchev–Trinajstić information content (AvgIpc) is 2.99. The highest BCUT2D eigenvalue weighted by atomic mass is 79.9. The Bertz CT molecular complexity index is 1060. The van der Waals surface area contributed by atoms with Crippen molar-refractivity contribution < 1.29 is 14.6 Å². The molecule has 0 radical (unpaired) electrons. The number of hydrogen-bond acceptors (Lipinski definition) is 4. The van der Waals surface area contributed by atoms with E-state index in [-0.39, 0.29) is 5.76 Å². The molecule has 0 saturated heterocycles. The van der Waals surface area contributed by atoms with Gasteiger partial charge in [-0.1, -0.05) is 46.3 Å². The molecule has 2 heterocycles. The molecule has 1 amide bonds. The summed E-state index contributed by atoms with van der Waals surface area (Å²) in [6.45, 7) is 0.341. The standard InChI is InChI=1S/C23H19BrN2O3/c1-29-19-9-7-16(8-10-19)20-21(17-5-2-6-18(24)12-17)26(23(28)22(20)27)14-15-4-3-11-25-13-15/h2-13,21,27H,14H2,1H3/t21-/m0/s1. The van der Waals surface area contributed by atoms with Crippen molar-refractivity contribution in [3.05, 3.63) is 100.0 Å². The number of carbonyl (C=O) groups excluding carboxylic acids is 1. The molecule has 1 aliphatic heterocycles. The first-order valence-electron chi connectivity index (χ1n) is 9.11. The van der Waals surface area contributed by atoms with Crippen LogP contribution in [0.2, 0.25) is 0 Å². The average molecular weight is 451 g/mol. The zero-order valence-corrected chi connectivity index (χ0v) is 17.3. The number of ether oxygens (including phenoxy) is 1. The van der Waals surface area contributed by atoms with Gasteiger partial charge in [-0.2, -0.15) is 0 Å². The molecule has 5 nitrogen and oxygen atoms in total. The molecule has 29 heavy (non-hydrogen) atoms. The van der Waals surface area contributed by atoms with E-state index in [2.05, 4.69) is 20.9 Å². The Balaban J connectivity index is 1.81. The number of benzene rings is 2. The van der Waals surface area contributed by atoms with Gasteiger partial charge in [-0.3, -0.25) is 9.78 Å². The van der Waals surface area contributed by atoms with Crippen LogP contribution < -0.4 is 4.74 Å². The molecule has 1 aliphatic rings. The monoisotopic (exact) mass is 450 g/mol. The highest BCUT2D eigenvalue weighted by Gasteiger charge is 2.41. The van der Waals surface area contributed by atoms with Crippen LogP contribution in [0, 0.1) is 0 Å². The van der Waals surface area contributed by atoms with Crippen molar-refractivity contribution in [2.24, 2.45) is 0 Å². The van der Waals surface area contributed by atoms with E-state index in [0.29, 0.717) is 17.9 Å². The van der Waals surface area contributed by atoms with Crippen LogP contribution >= 0.6 is 15.9 Å². The van der Waals surface area contributed by atoms with Gasteiger partial charge in [-0.05, 0) is 47.0 Å². The topological polar surface area (TPSA) is 62.7 Å². The third-order valence-electron chi connectivity index (χ3n) is 4.94. The van der Waals surface area contributed by atoms with Crippen molar-refractivity contribution in [3.8, 4) is 5.75 Å². The van der Waals surface area contributed by atoms with E-state index >= 15 is 0 Å². The van der Waals surface area contributed by atoms with E-state index in [1.807, 2.05) is 60.7 Å². The molecule has 4 rings (SSSR count). The summed E-state index contributed by atoms with van der Waals surface area (Å²) in [6.07, 6.45) is 3.42. The second-order valence-electron chi connectivity index (χ2n) is 6.74. The van der Waals surface area contributed by atoms with Crippen molar-refractivity contribution in [2.45, 2.75) is 12.6 Å². The molecule has 146 valence electrons. The number of nitrogens with zero attached hydrogens (tertiary/aromatic N) is 2. The maximum atomic E-state index is 13.0. The van der Waals surface area contributed by atoms with Crippen LogP contribution in [0.25, 0.3) is 5.57 Å². The molecule has 0 bridgehead atoms. The Hall–Kier alpha value is -3.12. The van der Waals surface area contributed by atoms with Gasteiger partial charge in [0.15, 0.2) is 5.76 Å². The van der Waals surface area contributed by atoms with Gasteiger partial charge < -0.3 is 14.7 Å². The van der Waals surface area contributed by atoms with Gasteiger partial charge in [-0.25, -0.2) is 0 Å². The van der Waals surface area contributed by atoms with Crippen LogP contribution in [0.4, 0.5) is 0 Å². The molecule has 0 fully saturated rings. The normalized spacial score (nSPS) is 16.4. The van der Waals surface area contributed by atoms with Crippen LogP contribution in [-0.2, 0) is 11.3 Å². The molecule has 0 unspecified atom stereocenters. The van der Waals surface area contributed by atoms with Gasteiger partial charge in [-0.15, -0.1) is 0 Å². The molecule has 1 N–H and O–H groups in total. The van der Waals surface area contributed by atoms with Crippen molar-refractivity contribution in [2.75, 3.05) is 7.11 Å². The van der Waals surface area contributed by atoms with Crippen LogP contribution in [0.15, 0.2) is 83.3 Å². The smallest absolute Gasteiger partial charge is 0.290 e. The molecule has 0 saturated carbocycles. The third kappa shape index (κ3) is 3.76. The van der Waals surface area contributed by atoms with Crippen LogP contribution in [-0.4, -0.2) is 28.0 Å². The minimum Gasteiger partial charge on any atom is -0.503 e. The van der Waals surface area contributed by atoms with Crippen molar-refractivity contribution in [1.82, 2.24) is 9.88 Å². The van der Waals surface area contributed by atoms with Crippen molar-refractivity contribution in [3.63, 3.8) is 0 Å². The summed E-state index contributed by atoms with van der Waals surface area (Å²) in [4.78, 5) is 18.9. The Morgan fingerprint density at radius 1 is 1.14 bits per heavy atom.